The van der Waals surface area contributed by atoms with Gasteiger partial charge in [-0.15, -0.1) is 0 Å². The van der Waals surface area contributed by atoms with Gasteiger partial charge in [0.2, 0.25) is 0 Å². The second kappa shape index (κ2) is 7.57. The van der Waals surface area contributed by atoms with Crippen LogP contribution < -0.4 is 10.9 Å². The Morgan fingerprint density at radius 2 is 1.76 bits per heavy atom. The number of hydrogen-bond acceptors (Lipinski definition) is 3. The lowest BCUT2D eigenvalue weighted by atomic mass is 10.2. The molecule has 0 radical (unpaired) electrons. The second-order valence-corrected chi connectivity index (χ2v) is 6.45. The Kier molecular flexibility index (Phi) is 5.24. The summed E-state index contributed by atoms with van der Waals surface area (Å²) in [7, 11) is 0. The molecule has 0 atom stereocenters. The summed E-state index contributed by atoms with van der Waals surface area (Å²) in [5.41, 5.74) is 11.0. The Balaban J connectivity index is 1.61. The molecule has 0 spiro atoms. The number of carbonyl (C=O) groups is 1. The summed E-state index contributed by atoms with van der Waals surface area (Å²) in [6.45, 7) is 9.33. The quantitative estimate of drug-likeness (QED) is 0.824. The van der Waals surface area contributed by atoms with Crippen molar-refractivity contribution in [3.8, 4) is 5.69 Å². The van der Waals surface area contributed by atoms with E-state index in [1.54, 1.807) is 0 Å². The highest BCUT2D eigenvalue weighted by molar-refractivity contribution is 5.94. The van der Waals surface area contributed by atoms with Gasteiger partial charge in [-0.25, -0.2) is 0 Å². The molecule has 2 N–H and O–H groups in total. The number of likely N-dealkylation sites (N-methyl/N-ethyl adjacent to an activating group) is 1. The number of hydrogen-bond donors (Lipinski definition) is 2. The zero-order valence-corrected chi connectivity index (χ0v) is 15.2. The molecule has 0 saturated heterocycles. The van der Waals surface area contributed by atoms with Crippen LogP contribution >= 0.6 is 0 Å². The molecule has 132 valence electrons. The lowest BCUT2D eigenvalue weighted by molar-refractivity contribution is 0.0937. The maximum Gasteiger partial charge on any atom is 0.269 e. The summed E-state index contributed by atoms with van der Waals surface area (Å²) in [6.07, 6.45) is 3.06. The van der Waals surface area contributed by atoms with Crippen molar-refractivity contribution < 1.29 is 4.79 Å². The Hall–Kier alpha value is -2.53. The molecule has 5 heteroatoms. The Labute approximate surface area is 149 Å². The smallest absolute Gasteiger partial charge is 0.269 e. The van der Waals surface area contributed by atoms with Crippen LogP contribution in [0.15, 0.2) is 48.2 Å². The highest BCUT2D eigenvalue weighted by atomic mass is 16.2. The summed E-state index contributed by atoms with van der Waals surface area (Å²) in [4.78, 5) is 14.7. The number of hydrazine groups is 1. The highest BCUT2D eigenvalue weighted by Gasteiger charge is 2.11. The van der Waals surface area contributed by atoms with Gasteiger partial charge in [0.25, 0.3) is 5.91 Å². The monoisotopic (exact) mass is 338 g/mol. The minimum atomic E-state index is -0.119. The minimum absolute atomic E-state index is 0.119. The molecule has 1 amide bonds. The first-order chi connectivity index (χ1) is 12.1. The fourth-order valence-electron chi connectivity index (χ4n) is 3.16. The predicted molar refractivity (Wildman–Crippen MR) is 101 cm³/mol. The number of aromatic nitrogens is 1. The average Bonchev–Trinajstić information content (AvgIpc) is 2.98. The fraction of sp³-hybridized carbons (Fsp3) is 0.350. The van der Waals surface area contributed by atoms with E-state index in [9.17, 15) is 4.79 Å². The number of carbonyl (C=O) groups excluding carboxylic acids is 1. The van der Waals surface area contributed by atoms with Crippen LogP contribution in [0.1, 0.15) is 35.1 Å². The maximum atomic E-state index is 12.3. The van der Waals surface area contributed by atoms with Crippen molar-refractivity contribution in [2.75, 3.05) is 19.6 Å². The molecule has 2 heterocycles. The summed E-state index contributed by atoms with van der Waals surface area (Å²) in [5, 5.41) is 0. The Morgan fingerprint density at radius 3 is 2.32 bits per heavy atom. The normalized spacial score (nSPS) is 14.9. The van der Waals surface area contributed by atoms with E-state index in [-0.39, 0.29) is 5.91 Å². The lowest BCUT2D eigenvalue weighted by Crippen LogP contribution is -2.40. The van der Waals surface area contributed by atoms with Crippen molar-refractivity contribution in [3.05, 3.63) is 65.1 Å². The molecule has 2 aromatic rings. The van der Waals surface area contributed by atoms with E-state index in [0.29, 0.717) is 5.56 Å². The van der Waals surface area contributed by atoms with Gasteiger partial charge in [0.05, 0.1) is 0 Å². The predicted octanol–water partition coefficient (Wildman–Crippen LogP) is 2.94. The highest BCUT2D eigenvalue weighted by Crippen LogP contribution is 2.17. The number of benzene rings is 1. The molecule has 0 unspecified atom stereocenters. The molecule has 25 heavy (non-hydrogen) atoms. The molecule has 1 aromatic heterocycles. The average molecular weight is 338 g/mol. The molecule has 1 aliphatic heterocycles. The second-order valence-electron chi connectivity index (χ2n) is 6.45. The van der Waals surface area contributed by atoms with Gasteiger partial charge in [0.1, 0.15) is 0 Å². The van der Waals surface area contributed by atoms with Crippen LogP contribution in [0.25, 0.3) is 5.69 Å². The first kappa shape index (κ1) is 17.3. The Bertz CT molecular complexity index is 754. The van der Waals surface area contributed by atoms with Gasteiger partial charge in [-0.1, -0.05) is 6.92 Å². The van der Waals surface area contributed by atoms with Gasteiger partial charge in [0.15, 0.2) is 0 Å². The third-order valence-corrected chi connectivity index (χ3v) is 4.74. The zero-order valence-electron chi connectivity index (χ0n) is 15.2. The van der Waals surface area contributed by atoms with E-state index in [1.165, 1.54) is 11.4 Å². The molecule has 5 nitrogen and oxygen atoms in total. The van der Waals surface area contributed by atoms with Gasteiger partial charge < -0.3 is 9.99 Å². The van der Waals surface area contributed by atoms with Crippen LogP contribution in [0.4, 0.5) is 0 Å². The summed E-state index contributed by atoms with van der Waals surface area (Å²) in [6, 6.07) is 11.9. The topological polar surface area (TPSA) is 49.3 Å². The summed E-state index contributed by atoms with van der Waals surface area (Å²) in [5.74, 6) is -0.119. The molecule has 1 aromatic carbocycles. The zero-order chi connectivity index (χ0) is 17.8. The lowest BCUT2D eigenvalue weighted by Gasteiger charge is -2.25. The SMILES string of the molecule is CCN1CC=C(NNC(=O)c2ccc(-n3c(C)ccc3C)cc2)CC1. The molecule has 1 aliphatic rings. The standard InChI is InChI=1S/C20H26N4O/c1-4-23-13-11-18(12-14-23)21-22-20(25)17-7-9-19(10-8-17)24-15(2)5-6-16(24)3/h5-11,21H,4,12-14H2,1-3H3,(H,22,25). The first-order valence-corrected chi connectivity index (χ1v) is 8.81. The number of aryl methyl sites for hydroxylation is 2. The van der Waals surface area contributed by atoms with Crippen molar-refractivity contribution in [1.82, 2.24) is 20.3 Å². The van der Waals surface area contributed by atoms with E-state index in [2.05, 4.69) is 59.3 Å². The number of rotatable bonds is 5. The van der Waals surface area contributed by atoms with Crippen molar-refractivity contribution >= 4 is 5.91 Å². The van der Waals surface area contributed by atoms with Crippen LogP contribution in [0, 0.1) is 13.8 Å². The molecule has 0 fully saturated rings. The van der Waals surface area contributed by atoms with E-state index in [4.69, 9.17) is 0 Å². The van der Waals surface area contributed by atoms with Crippen LogP contribution in [-0.4, -0.2) is 35.0 Å². The molecule has 3 rings (SSSR count). The Morgan fingerprint density at radius 1 is 1.08 bits per heavy atom. The number of amides is 1. The maximum absolute atomic E-state index is 12.3. The third-order valence-electron chi connectivity index (χ3n) is 4.74. The molecule has 0 bridgehead atoms. The van der Waals surface area contributed by atoms with Crippen molar-refractivity contribution in [2.45, 2.75) is 27.2 Å². The van der Waals surface area contributed by atoms with Gasteiger partial charge in [-0.3, -0.25) is 15.1 Å². The van der Waals surface area contributed by atoms with Gasteiger partial charge in [-0.2, -0.15) is 0 Å². The van der Waals surface area contributed by atoms with E-state index >= 15 is 0 Å². The van der Waals surface area contributed by atoms with Crippen molar-refractivity contribution in [1.29, 1.82) is 0 Å². The van der Waals surface area contributed by atoms with E-state index in [0.717, 1.165) is 37.4 Å². The molecule has 0 aliphatic carbocycles. The van der Waals surface area contributed by atoms with Crippen LogP contribution in [0.5, 0.6) is 0 Å². The van der Waals surface area contributed by atoms with E-state index in [1.807, 2.05) is 24.3 Å². The minimum Gasteiger partial charge on any atom is -0.319 e. The van der Waals surface area contributed by atoms with Gasteiger partial charge >= 0.3 is 0 Å². The fourth-order valence-corrected chi connectivity index (χ4v) is 3.16. The summed E-state index contributed by atoms with van der Waals surface area (Å²) < 4.78 is 2.17. The van der Waals surface area contributed by atoms with E-state index < -0.39 is 0 Å². The molecular weight excluding hydrogens is 312 g/mol. The van der Waals surface area contributed by atoms with Crippen LogP contribution in [0.2, 0.25) is 0 Å². The largest absolute Gasteiger partial charge is 0.319 e. The first-order valence-electron chi connectivity index (χ1n) is 8.81. The number of nitrogens with zero attached hydrogens (tertiary/aromatic N) is 2. The molecular formula is C20H26N4O. The third kappa shape index (κ3) is 3.94. The molecule has 0 saturated carbocycles. The number of nitrogens with one attached hydrogen (secondary N) is 2. The van der Waals surface area contributed by atoms with Gasteiger partial charge in [-0.05, 0) is 62.9 Å². The van der Waals surface area contributed by atoms with Gasteiger partial charge in [0, 0.05) is 47.8 Å². The van der Waals surface area contributed by atoms with Crippen molar-refractivity contribution in [3.63, 3.8) is 0 Å². The van der Waals surface area contributed by atoms with Crippen molar-refractivity contribution in [2.24, 2.45) is 0 Å². The summed E-state index contributed by atoms with van der Waals surface area (Å²) >= 11 is 0. The van der Waals surface area contributed by atoms with Crippen LogP contribution in [-0.2, 0) is 0 Å². The van der Waals surface area contributed by atoms with Crippen LogP contribution in [0.3, 0.4) is 0 Å².